The van der Waals surface area contributed by atoms with E-state index in [1.165, 1.54) is 25.7 Å². The molecular weight excluding hydrogens is 336 g/mol. The minimum Gasteiger partial charge on any atom is -0.348 e. The Labute approximate surface area is 153 Å². The molecule has 1 aliphatic rings. The van der Waals surface area contributed by atoms with Crippen LogP contribution in [0.25, 0.3) is 0 Å². The number of aromatic nitrogens is 2. The van der Waals surface area contributed by atoms with Crippen molar-refractivity contribution in [2.24, 2.45) is 0 Å². The molecule has 1 saturated carbocycles. The average molecular weight is 359 g/mol. The lowest BCUT2D eigenvalue weighted by molar-refractivity contribution is 0.0928. The molecule has 0 radical (unpaired) electrons. The highest BCUT2D eigenvalue weighted by Crippen LogP contribution is 2.20. The summed E-state index contributed by atoms with van der Waals surface area (Å²) in [5, 5.41) is 6.86. The predicted molar refractivity (Wildman–Crippen MR) is 100 cm³/mol. The van der Waals surface area contributed by atoms with Crippen molar-refractivity contribution in [3.8, 4) is 0 Å². The van der Waals surface area contributed by atoms with Crippen LogP contribution in [0.5, 0.6) is 0 Å². The molecule has 25 heavy (non-hydrogen) atoms. The molecule has 1 heterocycles. The van der Waals surface area contributed by atoms with Crippen LogP contribution in [0, 0.1) is 6.92 Å². The second kappa shape index (κ2) is 8.30. The summed E-state index contributed by atoms with van der Waals surface area (Å²) in [6.45, 7) is 1.85. The zero-order valence-corrected chi connectivity index (χ0v) is 15.1. The van der Waals surface area contributed by atoms with Crippen molar-refractivity contribution in [1.82, 2.24) is 15.3 Å². The van der Waals surface area contributed by atoms with Crippen LogP contribution in [-0.2, 0) is 0 Å². The van der Waals surface area contributed by atoms with Crippen LogP contribution in [0.15, 0.2) is 30.3 Å². The van der Waals surface area contributed by atoms with Gasteiger partial charge >= 0.3 is 0 Å². The number of hydrogen-bond acceptors (Lipinski definition) is 4. The van der Waals surface area contributed by atoms with E-state index in [1.807, 2.05) is 19.1 Å². The average Bonchev–Trinajstić information content (AvgIpc) is 2.83. The van der Waals surface area contributed by atoms with Gasteiger partial charge in [0.05, 0.1) is 0 Å². The molecule has 3 rings (SSSR count). The van der Waals surface area contributed by atoms with Crippen LogP contribution in [0.1, 0.15) is 54.7 Å². The Balaban J connectivity index is 1.73. The maximum absolute atomic E-state index is 12.6. The summed E-state index contributed by atoms with van der Waals surface area (Å²) >= 11 is 6.00. The molecule has 0 aliphatic heterocycles. The Kier molecular flexibility index (Phi) is 5.87. The molecule has 132 valence electrons. The van der Waals surface area contributed by atoms with Crippen LogP contribution < -0.4 is 10.6 Å². The molecule has 0 atom stereocenters. The zero-order chi connectivity index (χ0) is 17.6. The van der Waals surface area contributed by atoms with Crippen molar-refractivity contribution in [3.63, 3.8) is 0 Å². The van der Waals surface area contributed by atoms with E-state index >= 15 is 0 Å². The molecule has 0 spiro atoms. The molecular formula is C19H23ClN4O. The Morgan fingerprint density at radius 3 is 2.60 bits per heavy atom. The monoisotopic (exact) mass is 358 g/mol. The van der Waals surface area contributed by atoms with Crippen molar-refractivity contribution in [1.29, 1.82) is 0 Å². The molecule has 0 unspecified atom stereocenters. The first-order valence-corrected chi connectivity index (χ1v) is 9.17. The first kappa shape index (κ1) is 17.7. The van der Waals surface area contributed by atoms with Gasteiger partial charge in [-0.3, -0.25) is 4.79 Å². The molecule has 1 fully saturated rings. The van der Waals surface area contributed by atoms with E-state index in [2.05, 4.69) is 20.6 Å². The molecule has 5 nitrogen and oxygen atoms in total. The third-order valence-electron chi connectivity index (χ3n) is 4.36. The van der Waals surface area contributed by atoms with Gasteiger partial charge < -0.3 is 10.6 Å². The van der Waals surface area contributed by atoms with Crippen molar-refractivity contribution in [2.75, 3.05) is 5.32 Å². The van der Waals surface area contributed by atoms with E-state index in [0.717, 1.165) is 24.2 Å². The predicted octanol–water partition coefficient (Wildman–Crippen LogP) is 4.63. The summed E-state index contributed by atoms with van der Waals surface area (Å²) in [4.78, 5) is 21.3. The first-order chi connectivity index (χ1) is 12.1. The summed E-state index contributed by atoms with van der Waals surface area (Å²) in [5.74, 6) is 0.264. The number of amides is 1. The van der Waals surface area contributed by atoms with Gasteiger partial charge in [0.15, 0.2) is 0 Å². The molecule has 1 amide bonds. The molecule has 1 aromatic heterocycles. The van der Waals surface area contributed by atoms with E-state index in [9.17, 15) is 4.79 Å². The van der Waals surface area contributed by atoms with E-state index in [0.29, 0.717) is 16.7 Å². The van der Waals surface area contributed by atoms with Crippen LogP contribution in [0.3, 0.4) is 0 Å². The standard InChI is InChI=1S/C19H23ClN4O/c1-13-11-17(18(25)22-15-8-4-2-3-5-9-15)24-19(21-13)23-16-10-6-7-14(20)12-16/h6-7,10-12,15H,2-5,8-9H2,1H3,(H,22,25)(H,21,23,24). The topological polar surface area (TPSA) is 66.9 Å². The first-order valence-electron chi connectivity index (χ1n) is 8.79. The smallest absolute Gasteiger partial charge is 0.270 e. The fraction of sp³-hybridized carbons (Fsp3) is 0.421. The van der Waals surface area contributed by atoms with Gasteiger partial charge in [-0.15, -0.1) is 0 Å². The van der Waals surface area contributed by atoms with Gasteiger partial charge in [0.2, 0.25) is 5.95 Å². The van der Waals surface area contributed by atoms with Crippen LogP contribution >= 0.6 is 11.6 Å². The van der Waals surface area contributed by atoms with Crippen molar-refractivity contribution in [2.45, 2.75) is 51.5 Å². The molecule has 1 aromatic carbocycles. The molecule has 1 aliphatic carbocycles. The lowest BCUT2D eigenvalue weighted by Gasteiger charge is -2.16. The molecule has 6 heteroatoms. The van der Waals surface area contributed by atoms with Crippen molar-refractivity contribution in [3.05, 3.63) is 46.7 Å². The number of benzene rings is 1. The third kappa shape index (κ3) is 5.16. The normalized spacial score (nSPS) is 15.4. The highest BCUT2D eigenvalue weighted by molar-refractivity contribution is 6.30. The minimum absolute atomic E-state index is 0.133. The Bertz CT molecular complexity index is 742. The molecule has 2 aromatic rings. The van der Waals surface area contributed by atoms with Gasteiger partial charge in [0.25, 0.3) is 5.91 Å². The van der Waals surface area contributed by atoms with Gasteiger partial charge in [-0.2, -0.15) is 0 Å². The van der Waals surface area contributed by atoms with Crippen molar-refractivity contribution >= 4 is 29.1 Å². The number of nitrogens with zero attached hydrogens (tertiary/aromatic N) is 2. The molecule has 0 bridgehead atoms. The summed E-state index contributed by atoms with van der Waals surface area (Å²) in [5.41, 5.74) is 1.92. The lowest BCUT2D eigenvalue weighted by atomic mass is 10.1. The summed E-state index contributed by atoms with van der Waals surface area (Å²) in [6, 6.07) is 9.28. The molecule has 2 N–H and O–H groups in total. The number of carbonyl (C=O) groups is 1. The number of halogens is 1. The van der Waals surface area contributed by atoms with Gasteiger partial charge in [0, 0.05) is 22.4 Å². The van der Waals surface area contributed by atoms with Crippen LogP contribution in [0.4, 0.5) is 11.6 Å². The quantitative estimate of drug-likeness (QED) is 0.781. The summed E-state index contributed by atoms with van der Waals surface area (Å²) < 4.78 is 0. The van der Waals surface area contributed by atoms with Gasteiger partial charge in [0.1, 0.15) is 5.69 Å². The fourth-order valence-corrected chi connectivity index (χ4v) is 3.31. The molecule has 0 saturated heterocycles. The van der Waals surface area contributed by atoms with E-state index in [1.54, 1.807) is 18.2 Å². The Morgan fingerprint density at radius 1 is 1.12 bits per heavy atom. The van der Waals surface area contributed by atoms with Gasteiger partial charge in [-0.25, -0.2) is 9.97 Å². The largest absolute Gasteiger partial charge is 0.348 e. The second-order valence-corrected chi connectivity index (χ2v) is 6.95. The third-order valence-corrected chi connectivity index (χ3v) is 4.59. The second-order valence-electron chi connectivity index (χ2n) is 6.52. The lowest BCUT2D eigenvalue weighted by Crippen LogP contribution is -2.35. The SMILES string of the molecule is Cc1cc(C(=O)NC2CCCCCC2)nc(Nc2cccc(Cl)c2)n1. The number of aryl methyl sites for hydroxylation is 1. The van der Waals surface area contributed by atoms with Crippen molar-refractivity contribution < 1.29 is 4.79 Å². The van der Waals surface area contributed by atoms with Gasteiger partial charge in [-0.1, -0.05) is 43.4 Å². The number of hydrogen-bond donors (Lipinski definition) is 2. The Hall–Kier alpha value is -2.14. The van der Waals surface area contributed by atoms with Crippen LogP contribution in [-0.4, -0.2) is 21.9 Å². The van der Waals surface area contributed by atoms with Gasteiger partial charge in [-0.05, 0) is 44.0 Å². The number of anilines is 2. The highest BCUT2D eigenvalue weighted by Gasteiger charge is 2.17. The number of nitrogens with one attached hydrogen (secondary N) is 2. The fourth-order valence-electron chi connectivity index (χ4n) is 3.12. The summed E-state index contributed by atoms with van der Waals surface area (Å²) in [6.07, 6.45) is 6.96. The van der Waals surface area contributed by atoms with E-state index < -0.39 is 0 Å². The number of carbonyl (C=O) groups excluding carboxylic acids is 1. The Morgan fingerprint density at radius 2 is 1.88 bits per heavy atom. The zero-order valence-electron chi connectivity index (χ0n) is 14.4. The van der Waals surface area contributed by atoms with Crippen LogP contribution in [0.2, 0.25) is 5.02 Å². The number of rotatable bonds is 4. The summed E-state index contributed by atoms with van der Waals surface area (Å²) in [7, 11) is 0. The maximum Gasteiger partial charge on any atom is 0.270 e. The highest BCUT2D eigenvalue weighted by atomic mass is 35.5. The maximum atomic E-state index is 12.6. The minimum atomic E-state index is -0.133. The van der Waals surface area contributed by atoms with E-state index in [-0.39, 0.29) is 11.9 Å². The van der Waals surface area contributed by atoms with E-state index in [4.69, 9.17) is 11.6 Å².